The molecule has 2 fully saturated rings. The van der Waals surface area contributed by atoms with Crippen LogP contribution in [0, 0.1) is 12.3 Å². The number of ether oxygens (including phenoxy) is 1. The minimum Gasteiger partial charge on any atom is -0.490 e. The number of benzene rings is 1. The standard InChI is InChI=1S/C30H43N5O5S/c1-17(33-28(38)24-14-21(37)15-35(24)29(39)27(30(4,5)6)34-19(3)36)23-8-7-20(26-18(2)32-16-41-26)13-25(23)40-22-9-11-31-12-10-22/h7-8,13,16-17,21-22,24,27,31,37H,9-12,14-15H2,1-6H3,(H,33,38)(H,34,36)/t17-,21+,24-,27+/m0/s1. The highest BCUT2D eigenvalue weighted by Gasteiger charge is 2.44. The van der Waals surface area contributed by atoms with Gasteiger partial charge in [0.1, 0.15) is 23.9 Å². The van der Waals surface area contributed by atoms with Gasteiger partial charge >= 0.3 is 0 Å². The van der Waals surface area contributed by atoms with E-state index in [-0.39, 0.29) is 36.8 Å². The fourth-order valence-corrected chi connectivity index (χ4v) is 6.32. The number of nitrogens with one attached hydrogen (secondary N) is 3. The first-order valence-corrected chi connectivity index (χ1v) is 15.2. The molecule has 4 atom stereocenters. The van der Waals surface area contributed by atoms with Crippen molar-refractivity contribution in [3.8, 4) is 16.2 Å². The molecule has 1 aromatic carbocycles. The summed E-state index contributed by atoms with van der Waals surface area (Å²) < 4.78 is 6.52. The molecule has 224 valence electrons. The first-order chi connectivity index (χ1) is 19.3. The topological polar surface area (TPSA) is 133 Å². The van der Waals surface area contributed by atoms with Crippen molar-refractivity contribution in [2.24, 2.45) is 5.41 Å². The van der Waals surface area contributed by atoms with E-state index in [0.717, 1.165) is 47.6 Å². The monoisotopic (exact) mass is 585 g/mol. The van der Waals surface area contributed by atoms with Crippen LogP contribution in [0.4, 0.5) is 0 Å². The molecule has 3 amide bonds. The van der Waals surface area contributed by atoms with Crippen molar-refractivity contribution >= 4 is 29.1 Å². The Balaban J connectivity index is 1.56. The predicted molar refractivity (Wildman–Crippen MR) is 159 cm³/mol. The van der Waals surface area contributed by atoms with Crippen LogP contribution >= 0.6 is 11.3 Å². The molecule has 2 aliphatic rings. The Hall–Kier alpha value is -3.02. The highest BCUT2D eigenvalue weighted by atomic mass is 32.1. The van der Waals surface area contributed by atoms with E-state index in [0.29, 0.717) is 5.75 Å². The maximum atomic E-state index is 13.6. The van der Waals surface area contributed by atoms with E-state index in [9.17, 15) is 19.5 Å². The summed E-state index contributed by atoms with van der Waals surface area (Å²) in [6.45, 7) is 12.6. The van der Waals surface area contributed by atoms with E-state index in [1.165, 1.54) is 11.8 Å². The van der Waals surface area contributed by atoms with Crippen molar-refractivity contribution in [1.82, 2.24) is 25.8 Å². The minimum absolute atomic E-state index is 0.0322. The van der Waals surface area contributed by atoms with Gasteiger partial charge in [-0.25, -0.2) is 4.98 Å². The molecule has 3 heterocycles. The summed E-state index contributed by atoms with van der Waals surface area (Å²) in [5.41, 5.74) is 4.05. The van der Waals surface area contributed by atoms with Crippen LogP contribution in [0.5, 0.6) is 5.75 Å². The molecular weight excluding hydrogens is 542 g/mol. The second-order valence-electron chi connectivity index (χ2n) is 12.2. The van der Waals surface area contributed by atoms with E-state index >= 15 is 0 Å². The first-order valence-electron chi connectivity index (χ1n) is 14.3. The Labute approximate surface area is 246 Å². The number of aliphatic hydroxyl groups is 1. The van der Waals surface area contributed by atoms with Crippen molar-refractivity contribution in [3.63, 3.8) is 0 Å². The van der Waals surface area contributed by atoms with Crippen molar-refractivity contribution in [1.29, 1.82) is 0 Å². The fourth-order valence-electron chi connectivity index (χ4n) is 5.52. The lowest BCUT2D eigenvalue weighted by atomic mass is 9.85. The van der Waals surface area contributed by atoms with E-state index < -0.39 is 29.6 Å². The number of aliphatic hydroxyl groups excluding tert-OH is 1. The zero-order valence-electron chi connectivity index (χ0n) is 24.8. The van der Waals surface area contributed by atoms with Gasteiger partial charge in [-0.2, -0.15) is 0 Å². The van der Waals surface area contributed by atoms with Crippen LogP contribution in [-0.4, -0.2) is 76.6 Å². The van der Waals surface area contributed by atoms with Crippen molar-refractivity contribution < 1.29 is 24.2 Å². The summed E-state index contributed by atoms with van der Waals surface area (Å²) in [6, 6.07) is 3.92. The van der Waals surface area contributed by atoms with Gasteiger partial charge in [0.15, 0.2) is 0 Å². The molecule has 11 heteroatoms. The molecule has 2 aromatic rings. The van der Waals surface area contributed by atoms with Crippen LogP contribution in [0.1, 0.15) is 71.2 Å². The summed E-state index contributed by atoms with van der Waals surface area (Å²) in [6.07, 6.45) is 1.15. The van der Waals surface area contributed by atoms with Crippen LogP contribution in [0.2, 0.25) is 0 Å². The molecule has 4 N–H and O–H groups in total. The molecule has 1 aromatic heterocycles. The number of hydrogen-bond acceptors (Lipinski definition) is 8. The number of rotatable bonds is 8. The molecular formula is C30H43N5O5S. The average Bonchev–Trinajstić information content (AvgIpc) is 3.52. The van der Waals surface area contributed by atoms with Crippen LogP contribution < -0.4 is 20.7 Å². The summed E-state index contributed by atoms with van der Waals surface area (Å²) in [7, 11) is 0. The highest BCUT2D eigenvalue weighted by molar-refractivity contribution is 7.13. The minimum atomic E-state index is -0.855. The van der Waals surface area contributed by atoms with Gasteiger partial charge in [0.2, 0.25) is 17.7 Å². The average molecular weight is 586 g/mol. The molecule has 0 unspecified atom stereocenters. The summed E-state index contributed by atoms with van der Waals surface area (Å²) >= 11 is 1.58. The largest absolute Gasteiger partial charge is 0.490 e. The number of piperidine rings is 1. The lowest BCUT2D eigenvalue weighted by molar-refractivity contribution is -0.144. The van der Waals surface area contributed by atoms with Crippen LogP contribution in [0.15, 0.2) is 23.7 Å². The summed E-state index contributed by atoms with van der Waals surface area (Å²) in [4.78, 5) is 45.9. The zero-order chi connectivity index (χ0) is 29.9. The Morgan fingerprint density at radius 3 is 2.51 bits per heavy atom. The zero-order valence-corrected chi connectivity index (χ0v) is 25.6. The molecule has 10 nitrogen and oxygen atoms in total. The van der Waals surface area contributed by atoms with E-state index in [1.807, 2.05) is 58.3 Å². The number of carbonyl (C=O) groups excluding carboxylic acids is 3. The van der Waals surface area contributed by atoms with Gasteiger partial charge in [0.25, 0.3) is 0 Å². The molecule has 0 bridgehead atoms. The van der Waals surface area contributed by atoms with E-state index in [2.05, 4.69) is 20.9 Å². The summed E-state index contributed by atoms with van der Waals surface area (Å²) in [5.74, 6) is -0.344. The number of hydrogen-bond donors (Lipinski definition) is 4. The number of amides is 3. The quantitative estimate of drug-likeness (QED) is 0.375. The van der Waals surface area contributed by atoms with Gasteiger partial charge in [-0.3, -0.25) is 14.4 Å². The first kappa shape index (κ1) is 30.9. The summed E-state index contributed by atoms with van der Waals surface area (Å²) in [5, 5.41) is 19.6. The van der Waals surface area contributed by atoms with Gasteiger partial charge in [-0.1, -0.05) is 32.9 Å². The molecule has 4 rings (SSSR count). The second-order valence-corrected chi connectivity index (χ2v) is 13.1. The number of aromatic nitrogens is 1. The number of nitrogens with zero attached hydrogens (tertiary/aromatic N) is 2. The van der Waals surface area contributed by atoms with Crippen molar-refractivity contribution in [3.05, 3.63) is 35.0 Å². The normalized spacial score (nSPS) is 21.3. The van der Waals surface area contributed by atoms with E-state index in [1.54, 1.807) is 11.3 Å². The van der Waals surface area contributed by atoms with Gasteiger partial charge in [0, 0.05) is 25.5 Å². The number of carbonyl (C=O) groups is 3. The molecule has 0 spiro atoms. The Morgan fingerprint density at radius 2 is 1.90 bits per heavy atom. The number of aryl methyl sites for hydroxylation is 1. The molecule has 0 aliphatic carbocycles. The third-order valence-corrected chi connectivity index (χ3v) is 8.73. The van der Waals surface area contributed by atoms with Crippen LogP contribution in [0.3, 0.4) is 0 Å². The Bertz CT molecular complexity index is 1250. The van der Waals surface area contributed by atoms with Gasteiger partial charge in [-0.05, 0) is 56.8 Å². The molecule has 2 saturated heterocycles. The van der Waals surface area contributed by atoms with E-state index in [4.69, 9.17) is 4.74 Å². The number of β-amino-alcohol motifs (C(OH)–C–C–N with tert-alkyl or cyclic N) is 1. The van der Waals surface area contributed by atoms with Crippen molar-refractivity contribution in [2.45, 2.75) is 91.1 Å². The van der Waals surface area contributed by atoms with Gasteiger partial charge < -0.3 is 30.7 Å². The predicted octanol–water partition coefficient (Wildman–Crippen LogP) is 2.94. The fraction of sp³-hybridized carbons (Fsp3) is 0.600. The second kappa shape index (κ2) is 12.9. The number of likely N-dealkylation sites (tertiary alicyclic amines) is 1. The molecule has 41 heavy (non-hydrogen) atoms. The van der Waals surface area contributed by atoms with Gasteiger partial charge in [-0.15, -0.1) is 11.3 Å². The Morgan fingerprint density at radius 1 is 1.20 bits per heavy atom. The lowest BCUT2D eigenvalue weighted by Gasteiger charge is -2.35. The number of thiazole rings is 1. The lowest BCUT2D eigenvalue weighted by Crippen LogP contribution is -2.57. The molecule has 0 radical (unpaired) electrons. The smallest absolute Gasteiger partial charge is 0.246 e. The van der Waals surface area contributed by atoms with Crippen molar-refractivity contribution in [2.75, 3.05) is 19.6 Å². The highest BCUT2D eigenvalue weighted by Crippen LogP contribution is 2.36. The maximum absolute atomic E-state index is 13.6. The van der Waals surface area contributed by atoms with Crippen LogP contribution in [-0.2, 0) is 14.4 Å². The van der Waals surface area contributed by atoms with Gasteiger partial charge in [0.05, 0.1) is 28.2 Å². The van der Waals surface area contributed by atoms with Crippen LogP contribution in [0.25, 0.3) is 10.4 Å². The third kappa shape index (κ3) is 7.44. The molecule has 2 aliphatic heterocycles. The Kier molecular flexibility index (Phi) is 9.71. The third-order valence-electron chi connectivity index (χ3n) is 7.75. The molecule has 0 saturated carbocycles. The maximum Gasteiger partial charge on any atom is 0.246 e. The SMILES string of the molecule is CC(=O)N[C@H](C(=O)N1C[C@H](O)C[C@H]1C(=O)N[C@@H](C)c1ccc(-c2scnc2C)cc1OC1CCNCC1)C(C)(C)C.